The number of aryl methyl sites for hydroxylation is 1. The summed E-state index contributed by atoms with van der Waals surface area (Å²) in [5.74, 6) is 0. The number of aromatic nitrogens is 2. The van der Waals surface area contributed by atoms with Gasteiger partial charge in [0.1, 0.15) is 0 Å². The third kappa shape index (κ3) is 1.30. The molecular weight excluding hydrogens is 178 g/mol. The van der Waals surface area contributed by atoms with Gasteiger partial charge in [0.2, 0.25) is 0 Å². The fourth-order valence-electron chi connectivity index (χ4n) is 1.50. The number of nitrogens with zero attached hydrogens (tertiary/aromatic N) is 5. The molecule has 0 aliphatic heterocycles. The Kier molecular flexibility index (Phi) is 2.08. The second-order valence-electron chi connectivity index (χ2n) is 2.98. The molecule has 2 rings (SSSR count). The first kappa shape index (κ1) is 8.59. The maximum Gasteiger partial charge on any atom is 0.0761 e. The maximum absolute atomic E-state index is 8.23. The van der Waals surface area contributed by atoms with Gasteiger partial charge in [0.25, 0.3) is 0 Å². The van der Waals surface area contributed by atoms with Crippen LogP contribution in [0.4, 0.5) is 0 Å². The molecule has 0 saturated carbocycles. The zero-order valence-corrected chi connectivity index (χ0v) is 7.75. The van der Waals surface area contributed by atoms with Crippen molar-refractivity contribution in [3.63, 3.8) is 0 Å². The Labute approximate surface area is 80.6 Å². The molecule has 1 aromatic heterocycles. The summed E-state index contributed by atoms with van der Waals surface area (Å²) in [7, 11) is 1.88. The molecule has 14 heavy (non-hydrogen) atoms. The van der Waals surface area contributed by atoms with Gasteiger partial charge in [-0.15, -0.1) is 0 Å². The van der Waals surface area contributed by atoms with Crippen LogP contribution in [0.2, 0.25) is 0 Å². The molecule has 0 aliphatic carbocycles. The summed E-state index contributed by atoms with van der Waals surface area (Å²) in [4.78, 5) is 2.72. The molecule has 70 valence electrons. The number of hydrogen-bond donors (Lipinski definition) is 0. The molecule has 0 fully saturated rings. The van der Waals surface area contributed by atoms with Crippen molar-refractivity contribution in [2.75, 3.05) is 0 Å². The predicted octanol–water partition coefficient (Wildman–Crippen LogP) is 2.38. The molecule has 0 bridgehead atoms. The molecule has 5 heteroatoms. The fourth-order valence-corrected chi connectivity index (χ4v) is 1.50. The minimum Gasteiger partial charge on any atom is -0.268 e. The van der Waals surface area contributed by atoms with Gasteiger partial charge < -0.3 is 0 Å². The number of para-hydroxylation sites is 1. The van der Waals surface area contributed by atoms with Crippen molar-refractivity contribution in [2.45, 2.75) is 6.54 Å². The largest absolute Gasteiger partial charge is 0.268 e. The summed E-state index contributed by atoms with van der Waals surface area (Å²) in [5.41, 5.74) is 10.1. The minimum absolute atomic E-state index is 0.303. The highest BCUT2D eigenvalue weighted by Gasteiger charge is 2.05. The van der Waals surface area contributed by atoms with Gasteiger partial charge in [0.05, 0.1) is 17.8 Å². The molecular formula is C9H9N5. The lowest BCUT2D eigenvalue weighted by Gasteiger charge is -1.90. The lowest BCUT2D eigenvalue weighted by atomic mass is 10.2. The topological polar surface area (TPSA) is 66.6 Å². The highest BCUT2D eigenvalue weighted by Crippen LogP contribution is 2.17. The van der Waals surface area contributed by atoms with Crippen molar-refractivity contribution in [1.82, 2.24) is 9.78 Å². The van der Waals surface area contributed by atoms with Crippen LogP contribution in [0.25, 0.3) is 21.3 Å². The van der Waals surface area contributed by atoms with Gasteiger partial charge in [-0.25, -0.2) is 0 Å². The zero-order valence-electron chi connectivity index (χ0n) is 7.75. The fraction of sp³-hybridized carbons (Fsp3) is 0.222. The summed E-state index contributed by atoms with van der Waals surface area (Å²) in [6, 6.07) is 7.87. The van der Waals surface area contributed by atoms with Gasteiger partial charge in [-0.3, -0.25) is 4.68 Å². The van der Waals surface area contributed by atoms with E-state index in [-0.39, 0.29) is 0 Å². The third-order valence-electron chi connectivity index (χ3n) is 2.12. The third-order valence-corrected chi connectivity index (χ3v) is 2.12. The van der Waals surface area contributed by atoms with Gasteiger partial charge >= 0.3 is 0 Å². The molecule has 0 radical (unpaired) electrons. The monoisotopic (exact) mass is 187 g/mol. The number of hydrogen-bond acceptors (Lipinski definition) is 2. The number of rotatable bonds is 2. The van der Waals surface area contributed by atoms with Gasteiger partial charge in [-0.2, -0.15) is 5.10 Å². The molecule has 1 heterocycles. The van der Waals surface area contributed by atoms with E-state index < -0.39 is 0 Å². The number of benzene rings is 1. The highest BCUT2D eigenvalue weighted by atomic mass is 15.3. The number of fused-ring (bicyclic) bond motifs is 1. The molecule has 0 atom stereocenters. The summed E-state index contributed by atoms with van der Waals surface area (Å²) < 4.78 is 1.79. The van der Waals surface area contributed by atoms with Gasteiger partial charge in [0.15, 0.2) is 0 Å². The van der Waals surface area contributed by atoms with Crippen LogP contribution in [0.5, 0.6) is 0 Å². The zero-order chi connectivity index (χ0) is 9.97. The SMILES string of the molecule is Cn1nc(CN=[N+]=[N-])c2ccccc21. The molecule has 0 saturated heterocycles. The molecule has 0 N–H and O–H groups in total. The van der Waals surface area contributed by atoms with Gasteiger partial charge in [-0.1, -0.05) is 23.3 Å². The Bertz CT molecular complexity index is 507. The average molecular weight is 187 g/mol. The first-order chi connectivity index (χ1) is 6.83. The van der Waals surface area contributed by atoms with E-state index in [1.807, 2.05) is 31.3 Å². The van der Waals surface area contributed by atoms with Gasteiger partial charge in [0, 0.05) is 17.3 Å². The highest BCUT2D eigenvalue weighted by molar-refractivity contribution is 5.81. The predicted molar refractivity (Wildman–Crippen MR) is 53.6 cm³/mol. The van der Waals surface area contributed by atoms with E-state index in [1.165, 1.54) is 0 Å². The summed E-state index contributed by atoms with van der Waals surface area (Å²) in [6.07, 6.45) is 0. The molecule has 0 spiro atoms. The van der Waals surface area contributed by atoms with Crippen molar-refractivity contribution in [2.24, 2.45) is 12.2 Å². The minimum atomic E-state index is 0.303. The van der Waals surface area contributed by atoms with E-state index in [0.29, 0.717) is 6.54 Å². The lowest BCUT2D eigenvalue weighted by molar-refractivity contribution is 0.765. The lowest BCUT2D eigenvalue weighted by Crippen LogP contribution is -1.90. The van der Waals surface area contributed by atoms with Crippen molar-refractivity contribution in [3.8, 4) is 0 Å². The Morgan fingerprint density at radius 1 is 1.50 bits per heavy atom. The summed E-state index contributed by atoms with van der Waals surface area (Å²) in [6.45, 7) is 0.303. The first-order valence-electron chi connectivity index (χ1n) is 4.24. The molecule has 0 amide bonds. The van der Waals surface area contributed by atoms with E-state index in [4.69, 9.17) is 5.53 Å². The second kappa shape index (κ2) is 3.40. The van der Waals surface area contributed by atoms with E-state index in [0.717, 1.165) is 16.6 Å². The molecule has 2 aromatic rings. The Balaban J connectivity index is 2.60. The van der Waals surface area contributed by atoms with Crippen LogP contribution in [-0.4, -0.2) is 9.78 Å². The van der Waals surface area contributed by atoms with Gasteiger partial charge in [-0.05, 0) is 11.6 Å². The first-order valence-corrected chi connectivity index (χ1v) is 4.24. The van der Waals surface area contributed by atoms with Crippen LogP contribution >= 0.6 is 0 Å². The van der Waals surface area contributed by atoms with E-state index in [1.54, 1.807) is 4.68 Å². The van der Waals surface area contributed by atoms with Crippen molar-refractivity contribution in [3.05, 3.63) is 40.4 Å². The molecule has 0 unspecified atom stereocenters. The summed E-state index contributed by atoms with van der Waals surface area (Å²) >= 11 is 0. The van der Waals surface area contributed by atoms with E-state index in [2.05, 4.69) is 15.1 Å². The van der Waals surface area contributed by atoms with Crippen molar-refractivity contribution >= 4 is 10.9 Å². The maximum atomic E-state index is 8.23. The summed E-state index contributed by atoms with van der Waals surface area (Å²) in [5, 5.41) is 8.83. The second-order valence-corrected chi connectivity index (χ2v) is 2.98. The van der Waals surface area contributed by atoms with Crippen LogP contribution < -0.4 is 0 Å². The van der Waals surface area contributed by atoms with Crippen molar-refractivity contribution in [1.29, 1.82) is 0 Å². The Morgan fingerprint density at radius 3 is 3.07 bits per heavy atom. The van der Waals surface area contributed by atoms with Crippen molar-refractivity contribution < 1.29 is 0 Å². The number of azide groups is 1. The van der Waals surface area contributed by atoms with E-state index in [9.17, 15) is 0 Å². The Morgan fingerprint density at radius 2 is 2.29 bits per heavy atom. The molecule has 0 aliphatic rings. The standard InChI is InChI=1S/C9H9N5/c1-14-9-5-3-2-4-7(9)8(12-14)6-11-13-10/h2-5H,6H2,1H3. The Hall–Kier alpha value is -2.00. The van der Waals surface area contributed by atoms with Crippen LogP contribution in [0.1, 0.15) is 5.69 Å². The van der Waals surface area contributed by atoms with Crippen LogP contribution in [0.3, 0.4) is 0 Å². The molecule has 5 nitrogen and oxygen atoms in total. The van der Waals surface area contributed by atoms with E-state index >= 15 is 0 Å². The quantitative estimate of drug-likeness (QED) is 0.404. The molecule has 1 aromatic carbocycles. The normalized spacial score (nSPS) is 10.1. The smallest absolute Gasteiger partial charge is 0.0761 e. The van der Waals surface area contributed by atoms with Crippen LogP contribution in [0.15, 0.2) is 29.4 Å². The van der Waals surface area contributed by atoms with Crippen LogP contribution in [0, 0.1) is 0 Å². The average Bonchev–Trinajstić information content (AvgIpc) is 2.54. The van der Waals surface area contributed by atoms with Crippen LogP contribution in [-0.2, 0) is 13.6 Å².